The zero-order valence-corrected chi connectivity index (χ0v) is 13.7. The molecule has 1 atom stereocenters. The molecular weight excluding hydrogens is 395 g/mol. The standard InChI is InChI=1S/C16H13IN2O3/c17-10-4-3-5-11(8-10)18-15(20)9-14-16(21)19-12-6-1-2-7-13(12)22-14/h1-8,14H,9H2,(H,18,20)(H,19,21)/t14-/m1/s1. The molecule has 0 unspecified atom stereocenters. The van der Waals surface area contributed by atoms with Gasteiger partial charge in [-0.2, -0.15) is 0 Å². The van der Waals surface area contributed by atoms with Gasteiger partial charge in [0.25, 0.3) is 5.91 Å². The third kappa shape index (κ3) is 3.38. The summed E-state index contributed by atoms with van der Waals surface area (Å²) in [6, 6.07) is 14.6. The van der Waals surface area contributed by atoms with Crippen LogP contribution in [0.25, 0.3) is 0 Å². The first-order chi connectivity index (χ1) is 10.6. The van der Waals surface area contributed by atoms with Crippen molar-refractivity contribution in [2.24, 2.45) is 0 Å². The highest BCUT2D eigenvalue weighted by Crippen LogP contribution is 2.29. The number of anilines is 2. The van der Waals surface area contributed by atoms with Crippen LogP contribution in [0.3, 0.4) is 0 Å². The molecule has 0 aromatic heterocycles. The molecule has 2 amide bonds. The summed E-state index contributed by atoms with van der Waals surface area (Å²) < 4.78 is 6.63. The molecular formula is C16H13IN2O3. The van der Waals surface area contributed by atoms with E-state index in [1.54, 1.807) is 18.2 Å². The summed E-state index contributed by atoms with van der Waals surface area (Å²) in [5.74, 6) is 0.00665. The van der Waals surface area contributed by atoms with Gasteiger partial charge in [0.05, 0.1) is 12.1 Å². The maximum Gasteiger partial charge on any atom is 0.266 e. The molecule has 1 heterocycles. The van der Waals surface area contributed by atoms with Crippen molar-refractivity contribution < 1.29 is 14.3 Å². The van der Waals surface area contributed by atoms with Crippen LogP contribution in [-0.4, -0.2) is 17.9 Å². The molecule has 2 N–H and O–H groups in total. The molecule has 6 heteroatoms. The van der Waals surface area contributed by atoms with Crippen molar-refractivity contribution >= 4 is 45.8 Å². The van der Waals surface area contributed by atoms with E-state index in [4.69, 9.17) is 4.74 Å². The Morgan fingerprint density at radius 3 is 2.86 bits per heavy atom. The Morgan fingerprint density at radius 2 is 2.05 bits per heavy atom. The van der Waals surface area contributed by atoms with Crippen LogP contribution in [0.15, 0.2) is 48.5 Å². The number of rotatable bonds is 3. The molecule has 3 rings (SSSR count). The van der Waals surface area contributed by atoms with Crippen LogP contribution < -0.4 is 15.4 Å². The van der Waals surface area contributed by atoms with E-state index in [0.717, 1.165) is 3.57 Å². The van der Waals surface area contributed by atoms with Crippen molar-refractivity contribution in [3.63, 3.8) is 0 Å². The van der Waals surface area contributed by atoms with Gasteiger partial charge in [0, 0.05) is 9.26 Å². The summed E-state index contributed by atoms with van der Waals surface area (Å²) in [6.07, 6.45) is -0.858. The molecule has 0 fully saturated rings. The molecule has 0 saturated carbocycles. The summed E-state index contributed by atoms with van der Waals surface area (Å²) >= 11 is 2.17. The average molecular weight is 408 g/mol. The van der Waals surface area contributed by atoms with Crippen LogP contribution in [-0.2, 0) is 9.59 Å². The minimum absolute atomic E-state index is 0.0361. The predicted octanol–water partition coefficient (Wildman–Crippen LogP) is 3.02. The van der Waals surface area contributed by atoms with Gasteiger partial charge in [-0.3, -0.25) is 9.59 Å². The number of benzene rings is 2. The second kappa shape index (κ2) is 6.35. The lowest BCUT2D eigenvalue weighted by atomic mass is 10.1. The Bertz CT molecular complexity index is 733. The van der Waals surface area contributed by atoms with E-state index in [1.165, 1.54) is 0 Å². The molecule has 2 aromatic carbocycles. The van der Waals surface area contributed by atoms with Crippen LogP contribution in [0, 0.1) is 3.57 Å². The van der Waals surface area contributed by atoms with E-state index >= 15 is 0 Å². The minimum Gasteiger partial charge on any atom is -0.478 e. The highest BCUT2D eigenvalue weighted by Gasteiger charge is 2.29. The monoisotopic (exact) mass is 408 g/mol. The zero-order valence-electron chi connectivity index (χ0n) is 11.5. The smallest absolute Gasteiger partial charge is 0.266 e. The Morgan fingerprint density at radius 1 is 1.23 bits per heavy atom. The normalized spacial score (nSPS) is 16.2. The van der Waals surface area contributed by atoms with Gasteiger partial charge < -0.3 is 15.4 Å². The molecule has 22 heavy (non-hydrogen) atoms. The van der Waals surface area contributed by atoms with Crippen molar-refractivity contribution in [2.75, 3.05) is 10.6 Å². The fraction of sp³-hybridized carbons (Fsp3) is 0.125. The largest absolute Gasteiger partial charge is 0.478 e. The number of carbonyl (C=O) groups excluding carboxylic acids is 2. The second-order valence-corrected chi connectivity index (χ2v) is 6.10. The molecule has 1 aliphatic rings. The van der Waals surface area contributed by atoms with Crippen molar-refractivity contribution in [3.05, 3.63) is 52.1 Å². The number of hydrogen-bond donors (Lipinski definition) is 2. The van der Waals surface area contributed by atoms with E-state index in [2.05, 4.69) is 33.2 Å². The SMILES string of the molecule is O=C(C[C@H]1Oc2ccccc2NC1=O)Nc1cccc(I)c1. The van der Waals surface area contributed by atoms with E-state index < -0.39 is 6.10 Å². The van der Waals surface area contributed by atoms with Crippen LogP contribution >= 0.6 is 22.6 Å². The highest BCUT2D eigenvalue weighted by molar-refractivity contribution is 14.1. The molecule has 0 radical (unpaired) electrons. The summed E-state index contributed by atoms with van der Waals surface area (Å²) in [5.41, 5.74) is 1.33. The third-order valence-electron chi connectivity index (χ3n) is 3.19. The fourth-order valence-electron chi connectivity index (χ4n) is 2.17. The van der Waals surface area contributed by atoms with Crippen LogP contribution in [0.4, 0.5) is 11.4 Å². The average Bonchev–Trinajstić information content (AvgIpc) is 2.48. The Balaban J connectivity index is 1.66. The van der Waals surface area contributed by atoms with Gasteiger partial charge in [-0.15, -0.1) is 0 Å². The second-order valence-electron chi connectivity index (χ2n) is 4.85. The summed E-state index contributed by atoms with van der Waals surface area (Å²) in [5, 5.41) is 5.51. The lowest BCUT2D eigenvalue weighted by Crippen LogP contribution is -2.39. The van der Waals surface area contributed by atoms with Crippen LogP contribution in [0.5, 0.6) is 5.75 Å². The number of para-hydroxylation sites is 2. The number of fused-ring (bicyclic) bond motifs is 1. The maximum absolute atomic E-state index is 12.1. The van der Waals surface area contributed by atoms with Crippen LogP contribution in [0.1, 0.15) is 6.42 Å². The topological polar surface area (TPSA) is 67.4 Å². The first-order valence-corrected chi connectivity index (χ1v) is 7.82. The molecule has 2 aromatic rings. The molecule has 0 spiro atoms. The molecule has 0 bridgehead atoms. The van der Waals surface area contributed by atoms with E-state index in [1.807, 2.05) is 30.3 Å². The minimum atomic E-state index is -0.822. The molecule has 0 saturated heterocycles. The van der Waals surface area contributed by atoms with E-state index in [0.29, 0.717) is 17.1 Å². The van der Waals surface area contributed by atoms with Gasteiger partial charge in [-0.25, -0.2) is 0 Å². The van der Waals surface area contributed by atoms with Gasteiger partial charge in [0.15, 0.2) is 6.10 Å². The number of halogens is 1. The number of ether oxygens (including phenoxy) is 1. The van der Waals surface area contributed by atoms with Gasteiger partial charge in [0.2, 0.25) is 5.91 Å². The lowest BCUT2D eigenvalue weighted by molar-refractivity contribution is -0.128. The van der Waals surface area contributed by atoms with Gasteiger partial charge >= 0.3 is 0 Å². The summed E-state index contributed by atoms with van der Waals surface area (Å²) in [4.78, 5) is 24.1. The number of amides is 2. The molecule has 112 valence electrons. The van der Waals surface area contributed by atoms with Gasteiger partial charge in [-0.05, 0) is 52.9 Å². The Hall–Kier alpha value is -2.09. The fourth-order valence-corrected chi connectivity index (χ4v) is 2.72. The van der Waals surface area contributed by atoms with Crippen molar-refractivity contribution in [3.8, 4) is 5.75 Å². The Labute approximate surface area is 141 Å². The Kier molecular flexibility index (Phi) is 4.28. The van der Waals surface area contributed by atoms with Gasteiger partial charge in [0.1, 0.15) is 5.75 Å². The highest BCUT2D eigenvalue weighted by atomic mass is 127. The predicted molar refractivity (Wildman–Crippen MR) is 91.9 cm³/mol. The number of nitrogens with one attached hydrogen (secondary N) is 2. The van der Waals surface area contributed by atoms with Gasteiger partial charge in [-0.1, -0.05) is 18.2 Å². The van der Waals surface area contributed by atoms with Crippen molar-refractivity contribution in [1.82, 2.24) is 0 Å². The molecule has 1 aliphatic heterocycles. The molecule has 0 aliphatic carbocycles. The number of carbonyl (C=O) groups is 2. The zero-order chi connectivity index (χ0) is 15.5. The first-order valence-electron chi connectivity index (χ1n) is 6.74. The van der Waals surface area contributed by atoms with Crippen LogP contribution in [0.2, 0.25) is 0 Å². The lowest BCUT2D eigenvalue weighted by Gasteiger charge is -2.25. The number of hydrogen-bond acceptors (Lipinski definition) is 3. The maximum atomic E-state index is 12.1. The van der Waals surface area contributed by atoms with E-state index in [-0.39, 0.29) is 18.2 Å². The first kappa shape index (κ1) is 14.8. The quantitative estimate of drug-likeness (QED) is 0.768. The van der Waals surface area contributed by atoms with Crippen molar-refractivity contribution in [2.45, 2.75) is 12.5 Å². The van der Waals surface area contributed by atoms with E-state index in [9.17, 15) is 9.59 Å². The molecule has 5 nitrogen and oxygen atoms in total. The third-order valence-corrected chi connectivity index (χ3v) is 3.86. The van der Waals surface area contributed by atoms with Crippen molar-refractivity contribution in [1.29, 1.82) is 0 Å². The summed E-state index contributed by atoms with van der Waals surface area (Å²) in [7, 11) is 0. The summed E-state index contributed by atoms with van der Waals surface area (Å²) in [6.45, 7) is 0.